The van der Waals surface area contributed by atoms with Crippen LogP contribution in [0, 0.1) is 0 Å². The van der Waals surface area contributed by atoms with Crippen LogP contribution >= 0.6 is 0 Å². The number of rotatable bonds is 9. The molecule has 0 saturated heterocycles. The molecular weight excluding hydrogens is 362 g/mol. The average Bonchev–Trinajstić information content (AvgIpc) is 2.69. The number of amides is 2. The molecule has 0 bridgehead atoms. The number of imide groups is 1. The summed E-state index contributed by atoms with van der Waals surface area (Å²) < 4.78 is 21.9. The first-order valence-electron chi connectivity index (χ1n) is 8.84. The van der Waals surface area contributed by atoms with Gasteiger partial charge in [0.15, 0.2) is 0 Å². The molecule has 7 heteroatoms. The summed E-state index contributed by atoms with van der Waals surface area (Å²) in [6.45, 7) is 6.82. The van der Waals surface area contributed by atoms with E-state index in [-0.39, 0.29) is 25.2 Å². The maximum atomic E-state index is 12.5. The van der Waals surface area contributed by atoms with Crippen LogP contribution < -0.4 is 9.47 Å². The Kier molecular flexibility index (Phi) is 5.96. The zero-order valence-corrected chi connectivity index (χ0v) is 16.2. The number of benzene rings is 2. The molecule has 3 rings (SSSR count). The molecule has 28 heavy (non-hydrogen) atoms. The lowest BCUT2D eigenvalue weighted by Gasteiger charge is -2.25. The van der Waals surface area contributed by atoms with Crippen LogP contribution in [0.1, 0.15) is 27.6 Å². The Morgan fingerprint density at radius 2 is 1.61 bits per heavy atom. The monoisotopic (exact) mass is 385 g/mol. The highest BCUT2D eigenvalue weighted by molar-refractivity contribution is 6.26. The summed E-state index contributed by atoms with van der Waals surface area (Å²) in [6, 6.07) is 6.76. The van der Waals surface area contributed by atoms with Crippen molar-refractivity contribution in [1.29, 1.82) is 0 Å². The van der Waals surface area contributed by atoms with E-state index in [4.69, 9.17) is 18.9 Å². The highest BCUT2D eigenvalue weighted by Gasteiger charge is 2.32. The van der Waals surface area contributed by atoms with Crippen molar-refractivity contribution in [3.8, 4) is 11.5 Å². The molecule has 2 amide bonds. The van der Waals surface area contributed by atoms with Crippen LogP contribution in [-0.2, 0) is 9.47 Å². The first-order chi connectivity index (χ1) is 13.5. The normalized spacial score (nSPS) is 13.2. The molecule has 7 nitrogen and oxygen atoms in total. The van der Waals surface area contributed by atoms with Crippen molar-refractivity contribution in [3.05, 3.63) is 47.5 Å². The van der Waals surface area contributed by atoms with Gasteiger partial charge in [0.1, 0.15) is 24.9 Å². The third kappa shape index (κ3) is 3.72. The number of hydrogen-bond donors (Lipinski definition) is 0. The molecule has 2 aromatic rings. The number of hydrogen-bond acceptors (Lipinski definition) is 6. The molecule has 0 aromatic heterocycles. The van der Waals surface area contributed by atoms with E-state index in [0.29, 0.717) is 46.6 Å². The zero-order chi connectivity index (χ0) is 20.3. The van der Waals surface area contributed by atoms with Crippen LogP contribution in [-0.4, -0.2) is 57.5 Å². The van der Waals surface area contributed by atoms with Crippen LogP contribution in [0.2, 0.25) is 0 Å². The smallest absolute Gasteiger partial charge is 0.261 e. The van der Waals surface area contributed by atoms with E-state index in [9.17, 15) is 9.59 Å². The minimum atomic E-state index is -0.347. The van der Waals surface area contributed by atoms with Gasteiger partial charge in [-0.3, -0.25) is 14.5 Å². The van der Waals surface area contributed by atoms with Crippen molar-refractivity contribution < 1.29 is 28.5 Å². The van der Waals surface area contributed by atoms with Crippen molar-refractivity contribution in [3.63, 3.8) is 0 Å². The van der Waals surface area contributed by atoms with Crippen LogP contribution in [0.15, 0.2) is 36.4 Å². The number of carbonyl (C=O) groups excluding carboxylic acids is 2. The highest BCUT2D eigenvalue weighted by Crippen LogP contribution is 2.40. The molecule has 0 spiro atoms. The SMILES string of the molecule is C=C(C)COCOCCOc1ccc2c3c(ccc(OC)c13)C(=O)N(C)C2=O. The fourth-order valence-electron chi connectivity index (χ4n) is 3.08. The Bertz CT molecular complexity index is 914. The molecule has 148 valence electrons. The fourth-order valence-corrected chi connectivity index (χ4v) is 3.08. The summed E-state index contributed by atoms with van der Waals surface area (Å²) in [5, 5.41) is 1.15. The van der Waals surface area contributed by atoms with Crippen molar-refractivity contribution in [1.82, 2.24) is 4.90 Å². The lowest BCUT2D eigenvalue weighted by molar-refractivity contribution is -0.0528. The van der Waals surface area contributed by atoms with Crippen molar-refractivity contribution in [2.24, 2.45) is 0 Å². The van der Waals surface area contributed by atoms with Crippen molar-refractivity contribution in [2.75, 3.05) is 40.8 Å². The molecule has 0 aliphatic carbocycles. The molecule has 2 aromatic carbocycles. The number of methoxy groups -OCH3 is 1. The second kappa shape index (κ2) is 8.41. The van der Waals surface area contributed by atoms with Crippen LogP contribution in [0.5, 0.6) is 11.5 Å². The van der Waals surface area contributed by atoms with E-state index >= 15 is 0 Å². The van der Waals surface area contributed by atoms with E-state index < -0.39 is 0 Å². The van der Waals surface area contributed by atoms with Gasteiger partial charge in [0.25, 0.3) is 11.8 Å². The minimum absolute atomic E-state index is 0.152. The van der Waals surface area contributed by atoms with Gasteiger partial charge in [-0.2, -0.15) is 0 Å². The Morgan fingerprint density at radius 1 is 0.964 bits per heavy atom. The van der Waals surface area contributed by atoms with Crippen molar-refractivity contribution in [2.45, 2.75) is 6.92 Å². The molecule has 0 saturated carbocycles. The van der Waals surface area contributed by atoms with Gasteiger partial charge in [0.2, 0.25) is 0 Å². The molecule has 0 unspecified atom stereocenters. The zero-order valence-electron chi connectivity index (χ0n) is 16.2. The van der Waals surface area contributed by atoms with E-state index in [1.807, 2.05) is 6.92 Å². The number of nitrogens with zero attached hydrogens (tertiary/aromatic N) is 1. The van der Waals surface area contributed by atoms with Gasteiger partial charge in [0.05, 0.1) is 25.7 Å². The quantitative estimate of drug-likeness (QED) is 0.286. The van der Waals surface area contributed by atoms with E-state index in [1.54, 1.807) is 24.3 Å². The summed E-state index contributed by atoms with van der Waals surface area (Å²) >= 11 is 0. The summed E-state index contributed by atoms with van der Waals surface area (Å²) in [6.07, 6.45) is 0. The molecular formula is C21H23NO6. The summed E-state index contributed by atoms with van der Waals surface area (Å²) in [7, 11) is 3.01. The lowest BCUT2D eigenvalue weighted by atomic mass is 9.93. The highest BCUT2D eigenvalue weighted by atomic mass is 16.7. The Morgan fingerprint density at radius 3 is 2.21 bits per heavy atom. The second-order valence-corrected chi connectivity index (χ2v) is 6.53. The Hall–Kier alpha value is -2.90. The van der Waals surface area contributed by atoms with Gasteiger partial charge >= 0.3 is 0 Å². The molecule has 0 fully saturated rings. The van der Waals surface area contributed by atoms with E-state index in [2.05, 4.69) is 6.58 Å². The Labute approximate surface area is 163 Å². The van der Waals surface area contributed by atoms with Gasteiger partial charge in [-0.05, 0) is 31.2 Å². The molecule has 0 radical (unpaired) electrons. The summed E-state index contributed by atoms with van der Waals surface area (Å²) in [5.41, 5.74) is 1.82. The number of ether oxygens (including phenoxy) is 4. The molecule has 0 atom stereocenters. The summed E-state index contributed by atoms with van der Waals surface area (Å²) in [4.78, 5) is 26.1. The van der Waals surface area contributed by atoms with Gasteiger partial charge in [-0.25, -0.2) is 0 Å². The first kappa shape index (κ1) is 19.9. The van der Waals surface area contributed by atoms with E-state index in [1.165, 1.54) is 14.2 Å². The third-order valence-corrected chi connectivity index (χ3v) is 4.37. The maximum absolute atomic E-state index is 12.5. The van der Waals surface area contributed by atoms with Crippen LogP contribution in [0.3, 0.4) is 0 Å². The van der Waals surface area contributed by atoms with Gasteiger partial charge in [0, 0.05) is 23.6 Å². The lowest BCUT2D eigenvalue weighted by Crippen LogP contribution is -2.36. The number of carbonyl (C=O) groups is 2. The maximum Gasteiger partial charge on any atom is 0.261 e. The topological polar surface area (TPSA) is 74.3 Å². The predicted molar refractivity (Wildman–Crippen MR) is 104 cm³/mol. The van der Waals surface area contributed by atoms with Crippen molar-refractivity contribution >= 4 is 22.6 Å². The molecule has 1 heterocycles. The summed E-state index contributed by atoms with van der Waals surface area (Å²) in [5.74, 6) is 0.362. The predicted octanol–water partition coefficient (Wildman–Crippen LogP) is 3.02. The van der Waals surface area contributed by atoms with Gasteiger partial charge < -0.3 is 18.9 Å². The first-order valence-corrected chi connectivity index (χ1v) is 8.84. The molecule has 1 aliphatic rings. The van der Waals surface area contributed by atoms with Crippen LogP contribution in [0.4, 0.5) is 0 Å². The fraction of sp³-hybridized carbons (Fsp3) is 0.333. The Balaban J connectivity index is 1.82. The molecule has 1 aliphatic heterocycles. The second-order valence-electron chi connectivity index (χ2n) is 6.53. The molecule has 0 N–H and O–H groups in total. The standard InChI is InChI=1S/C21H23NO6/c1-13(2)11-27-12-26-9-10-28-17-8-6-15-18-14(20(23)22(3)21(15)24)5-7-16(25-4)19(17)18/h5-8H,1,9-12H2,2-4H3. The third-order valence-electron chi connectivity index (χ3n) is 4.37. The van der Waals surface area contributed by atoms with Crippen LogP contribution in [0.25, 0.3) is 10.8 Å². The largest absolute Gasteiger partial charge is 0.496 e. The van der Waals surface area contributed by atoms with Gasteiger partial charge in [-0.15, -0.1) is 0 Å². The minimum Gasteiger partial charge on any atom is -0.496 e. The van der Waals surface area contributed by atoms with E-state index in [0.717, 1.165) is 10.5 Å². The van der Waals surface area contributed by atoms with Gasteiger partial charge in [-0.1, -0.05) is 12.2 Å². The average molecular weight is 385 g/mol.